The van der Waals surface area contributed by atoms with Crippen molar-refractivity contribution in [2.75, 3.05) is 32.1 Å². The second-order valence-electron chi connectivity index (χ2n) is 7.94. The van der Waals surface area contributed by atoms with E-state index in [1.807, 2.05) is 19.6 Å². The van der Waals surface area contributed by atoms with Crippen LogP contribution in [-0.2, 0) is 11.2 Å². The number of urea groups is 1. The molecule has 0 spiro atoms. The molecule has 35 heavy (non-hydrogen) atoms. The van der Waals surface area contributed by atoms with Crippen molar-refractivity contribution in [1.29, 1.82) is 0 Å². The van der Waals surface area contributed by atoms with Gasteiger partial charge in [0.05, 0.1) is 34.9 Å². The minimum Gasteiger partial charge on any atom is -0.378 e. The summed E-state index contributed by atoms with van der Waals surface area (Å²) in [5.41, 5.74) is 4.37. The van der Waals surface area contributed by atoms with Crippen LogP contribution in [0.2, 0.25) is 0 Å². The second kappa shape index (κ2) is 11.7. The summed E-state index contributed by atoms with van der Waals surface area (Å²) in [7, 11) is 4.07. The highest BCUT2D eigenvalue weighted by atomic mass is 32.2. The number of alkyl halides is 2. The van der Waals surface area contributed by atoms with Crippen LogP contribution in [0.25, 0.3) is 10.2 Å². The van der Waals surface area contributed by atoms with E-state index in [1.165, 1.54) is 14.7 Å². The molecule has 1 aliphatic rings. The number of carbonyl (C=O) groups is 2. The number of fused-ring (bicyclic) bond motifs is 1. The Labute approximate surface area is 207 Å². The fourth-order valence-electron chi connectivity index (χ4n) is 3.08. The van der Waals surface area contributed by atoms with Gasteiger partial charge < -0.3 is 15.0 Å². The number of anilines is 1. The molecule has 4 rings (SSSR count). The second-order valence-corrected chi connectivity index (χ2v) is 9.73. The SMILES string of the molecule is CN(C)c1ccc2scnc2c1.O=CC(Cc1cc(F)cc(F)c1)NC(=O)NSN1CC(F)(F)C1. The van der Waals surface area contributed by atoms with Crippen LogP contribution < -0.4 is 14.9 Å². The van der Waals surface area contributed by atoms with Crippen molar-refractivity contribution < 1.29 is 27.2 Å². The average Bonchev–Trinajstić information content (AvgIpc) is 3.23. The van der Waals surface area contributed by atoms with Crippen molar-refractivity contribution in [2.45, 2.75) is 18.4 Å². The molecule has 1 aromatic heterocycles. The van der Waals surface area contributed by atoms with Gasteiger partial charge in [-0.3, -0.25) is 4.72 Å². The lowest BCUT2D eigenvalue weighted by Gasteiger charge is -2.36. The fourth-order valence-corrected chi connectivity index (χ4v) is 4.52. The number of benzene rings is 2. The third-order valence-corrected chi connectivity index (χ3v) is 6.37. The van der Waals surface area contributed by atoms with E-state index in [-0.39, 0.29) is 12.0 Å². The number of nitrogens with zero attached hydrogens (tertiary/aromatic N) is 3. The lowest BCUT2D eigenvalue weighted by atomic mass is 10.1. The van der Waals surface area contributed by atoms with Crippen LogP contribution in [0.3, 0.4) is 0 Å². The van der Waals surface area contributed by atoms with Gasteiger partial charge in [0.2, 0.25) is 0 Å². The zero-order chi connectivity index (χ0) is 25.6. The Bertz CT molecular complexity index is 1150. The molecule has 0 aliphatic carbocycles. The minimum atomic E-state index is -2.75. The Hall–Kier alpha value is -2.90. The molecule has 1 atom stereocenters. The number of halogens is 4. The summed E-state index contributed by atoms with van der Waals surface area (Å²) in [6.07, 6.45) is 0.322. The molecule has 1 unspecified atom stereocenters. The lowest BCUT2D eigenvalue weighted by Crippen LogP contribution is -2.54. The fraction of sp³-hybridized carbons (Fsp3) is 0.318. The smallest absolute Gasteiger partial charge is 0.326 e. The summed E-state index contributed by atoms with van der Waals surface area (Å²) in [4.78, 5) is 28.9. The van der Waals surface area contributed by atoms with Gasteiger partial charge >= 0.3 is 6.03 Å². The summed E-state index contributed by atoms with van der Waals surface area (Å²) in [6.45, 7) is -0.949. The molecule has 1 aliphatic heterocycles. The van der Waals surface area contributed by atoms with Crippen LogP contribution in [0.4, 0.5) is 28.0 Å². The third-order valence-electron chi connectivity index (χ3n) is 4.77. The molecule has 13 heteroatoms. The molecular formula is C22H23F4N5O2S2. The zero-order valence-corrected chi connectivity index (χ0v) is 20.4. The molecule has 2 aromatic carbocycles. The number of nitrogens with one attached hydrogen (secondary N) is 2. The van der Waals surface area contributed by atoms with Crippen LogP contribution in [0.15, 0.2) is 41.9 Å². The van der Waals surface area contributed by atoms with Gasteiger partial charge in [-0.05, 0) is 42.3 Å². The molecule has 0 bridgehead atoms. The third kappa shape index (κ3) is 8.08. The summed E-state index contributed by atoms with van der Waals surface area (Å²) in [6, 6.07) is 7.36. The van der Waals surface area contributed by atoms with E-state index in [1.54, 1.807) is 11.3 Å². The molecule has 188 valence electrons. The average molecular weight is 530 g/mol. The first kappa shape index (κ1) is 26.7. The predicted octanol–water partition coefficient (Wildman–Crippen LogP) is 4.25. The minimum absolute atomic E-state index is 0.0992. The molecular weight excluding hydrogens is 506 g/mol. The highest BCUT2D eigenvalue weighted by Crippen LogP contribution is 2.30. The largest absolute Gasteiger partial charge is 0.378 e. The summed E-state index contributed by atoms with van der Waals surface area (Å²) in [5, 5.41) is 2.28. The Morgan fingerprint density at radius 1 is 1.23 bits per heavy atom. The number of aldehydes is 1. The maximum atomic E-state index is 13.1. The Morgan fingerprint density at radius 3 is 2.51 bits per heavy atom. The Kier molecular flexibility index (Phi) is 8.92. The van der Waals surface area contributed by atoms with E-state index >= 15 is 0 Å². The topological polar surface area (TPSA) is 77.6 Å². The Morgan fingerprint density at radius 2 is 1.91 bits per heavy atom. The maximum absolute atomic E-state index is 13.1. The quantitative estimate of drug-likeness (QED) is 0.271. The first-order chi connectivity index (χ1) is 16.5. The van der Waals surface area contributed by atoms with Gasteiger partial charge in [-0.2, -0.15) is 0 Å². The predicted molar refractivity (Wildman–Crippen MR) is 130 cm³/mol. The summed E-state index contributed by atoms with van der Waals surface area (Å²) in [5.74, 6) is -4.33. The van der Waals surface area contributed by atoms with E-state index in [0.717, 1.165) is 17.6 Å². The number of hydrogen-bond donors (Lipinski definition) is 2. The van der Waals surface area contributed by atoms with Gasteiger partial charge in [0.15, 0.2) is 0 Å². The highest BCUT2D eigenvalue weighted by molar-refractivity contribution is 7.95. The van der Waals surface area contributed by atoms with E-state index < -0.39 is 42.7 Å². The number of hydrogen-bond acceptors (Lipinski definition) is 7. The number of amides is 2. The van der Waals surface area contributed by atoms with Crippen LogP contribution >= 0.6 is 23.5 Å². The van der Waals surface area contributed by atoms with Crippen molar-refractivity contribution in [2.24, 2.45) is 0 Å². The van der Waals surface area contributed by atoms with Crippen molar-refractivity contribution in [3.05, 3.63) is 59.1 Å². The van der Waals surface area contributed by atoms with Gasteiger partial charge in [0.1, 0.15) is 17.9 Å². The monoisotopic (exact) mass is 529 g/mol. The summed E-state index contributed by atoms with van der Waals surface area (Å²) >= 11 is 2.37. The molecule has 2 N–H and O–H groups in total. The van der Waals surface area contributed by atoms with Crippen LogP contribution in [0.1, 0.15) is 5.56 Å². The van der Waals surface area contributed by atoms with E-state index in [9.17, 15) is 27.2 Å². The molecule has 7 nitrogen and oxygen atoms in total. The van der Waals surface area contributed by atoms with E-state index in [0.29, 0.717) is 24.5 Å². The lowest BCUT2D eigenvalue weighted by molar-refractivity contribution is -0.109. The van der Waals surface area contributed by atoms with E-state index in [2.05, 4.69) is 38.1 Å². The molecule has 0 saturated carbocycles. The summed E-state index contributed by atoms with van der Waals surface area (Å²) < 4.78 is 56.0. The Balaban J connectivity index is 0.000000237. The van der Waals surface area contributed by atoms with Crippen molar-refractivity contribution >= 4 is 51.7 Å². The number of thiazole rings is 1. The van der Waals surface area contributed by atoms with Crippen molar-refractivity contribution in [1.82, 2.24) is 19.3 Å². The molecule has 3 aromatic rings. The molecule has 2 amide bonds. The van der Waals surface area contributed by atoms with Gasteiger partial charge in [-0.1, -0.05) is 0 Å². The zero-order valence-electron chi connectivity index (χ0n) is 18.8. The van der Waals surface area contributed by atoms with E-state index in [4.69, 9.17) is 0 Å². The van der Waals surface area contributed by atoms with Crippen molar-refractivity contribution in [3.63, 3.8) is 0 Å². The number of aromatic nitrogens is 1. The van der Waals surface area contributed by atoms with Gasteiger partial charge in [0, 0.05) is 38.0 Å². The normalized spacial score (nSPS) is 15.4. The van der Waals surface area contributed by atoms with Crippen LogP contribution in [-0.4, -0.2) is 60.8 Å². The molecule has 2 heterocycles. The standard InChI is InChI=1S/C13H13F4N3O2S.C9H10N2S/c14-9-1-8(2-10(15)4-9)3-11(5-21)18-12(22)19-23-20-6-13(16,17)7-20;1-11(2)7-3-4-9-8(5-7)10-6-12-9/h1-2,4-5,11H,3,6-7H2,(H2,18,19,22);3-6H,1-2H3. The van der Waals surface area contributed by atoms with Gasteiger partial charge in [0.25, 0.3) is 5.92 Å². The first-order valence-corrected chi connectivity index (χ1v) is 12.0. The number of rotatable bonds is 7. The molecule has 0 radical (unpaired) electrons. The number of carbonyl (C=O) groups excluding carboxylic acids is 2. The van der Waals surface area contributed by atoms with Crippen molar-refractivity contribution in [3.8, 4) is 0 Å². The van der Waals surface area contributed by atoms with Gasteiger partial charge in [-0.15, -0.1) is 11.3 Å². The van der Waals surface area contributed by atoms with Crippen LogP contribution in [0.5, 0.6) is 0 Å². The van der Waals surface area contributed by atoms with Crippen LogP contribution in [0, 0.1) is 11.6 Å². The maximum Gasteiger partial charge on any atom is 0.326 e. The first-order valence-electron chi connectivity index (χ1n) is 10.3. The highest BCUT2D eigenvalue weighted by Gasteiger charge is 2.44. The molecule has 1 saturated heterocycles. The van der Waals surface area contributed by atoms with Gasteiger partial charge in [-0.25, -0.2) is 31.6 Å². The molecule has 1 fully saturated rings.